The van der Waals surface area contributed by atoms with Crippen LogP contribution in [0.3, 0.4) is 0 Å². The molecule has 1 fully saturated rings. The van der Waals surface area contributed by atoms with Crippen LogP contribution in [0.25, 0.3) is 0 Å². The van der Waals surface area contributed by atoms with Crippen LogP contribution < -0.4 is 10.2 Å². The van der Waals surface area contributed by atoms with Gasteiger partial charge in [-0.25, -0.2) is 4.98 Å². The number of carbonyl (C=O) groups excluding carboxylic acids is 1. The number of aromatic nitrogens is 1. The first kappa shape index (κ1) is 12.3. The van der Waals surface area contributed by atoms with Crippen LogP contribution in [0.4, 0.5) is 5.82 Å². The number of ether oxygens (including phenoxy) is 1. The van der Waals surface area contributed by atoms with Gasteiger partial charge >= 0.3 is 0 Å². The highest BCUT2D eigenvalue weighted by molar-refractivity contribution is 5.81. The fraction of sp³-hybridized carbons (Fsp3) is 0.417. The number of nitrogens with zero attached hydrogens (tertiary/aromatic N) is 3. The molecule has 0 saturated carbocycles. The van der Waals surface area contributed by atoms with Crippen molar-refractivity contribution in [3.63, 3.8) is 0 Å². The Morgan fingerprint density at radius 1 is 1.67 bits per heavy atom. The summed E-state index contributed by atoms with van der Waals surface area (Å²) in [6, 6.07) is 5.52. The number of hydrogen-bond acceptors (Lipinski definition) is 5. The van der Waals surface area contributed by atoms with Crippen LogP contribution in [0.2, 0.25) is 0 Å². The number of morpholine rings is 1. The SMILES string of the molecule is CNC(=O)[C@@H]1CN(c2ccc(C#N)cn2)CCO1. The largest absolute Gasteiger partial charge is 0.365 e. The summed E-state index contributed by atoms with van der Waals surface area (Å²) in [5.41, 5.74) is 0.523. The van der Waals surface area contributed by atoms with Crippen molar-refractivity contribution in [2.45, 2.75) is 6.10 Å². The van der Waals surface area contributed by atoms with E-state index in [1.165, 1.54) is 6.20 Å². The maximum atomic E-state index is 11.5. The Hall–Kier alpha value is -2.13. The molecule has 6 nitrogen and oxygen atoms in total. The molecular formula is C12H14N4O2. The summed E-state index contributed by atoms with van der Waals surface area (Å²) in [4.78, 5) is 17.7. The quantitative estimate of drug-likeness (QED) is 0.788. The highest BCUT2D eigenvalue weighted by Crippen LogP contribution is 2.15. The zero-order valence-corrected chi connectivity index (χ0v) is 10.1. The van der Waals surface area contributed by atoms with Gasteiger partial charge in [-0.15, -0.1) is 0 Å². The summed E-state index contributed by atoms with van der Waals surface area (Å²) >= 11 is 0. The number of pyridine rings is 1. The summed E-state index contributed by atoms with van der Waals surface area (Å²) in [5, 5.41) is 11.3. The van der Waals surface area contributed by atoms with E-state index in [0.29, 0.717) is 25.3 Å². The molecule has 1 saturated heterocycles. The fourth-order valence-corrected chi connectivity index (χ4v) is 1.82. The number of nitriles is 1. The Balaban J connectivity index is 2.08. The molecule has 94 valence electrons. The minimum atomic E-state index is -0.471. The molecule has 1 N–H and O–H groups in total. The van der Waals surface area contributed by atoms with E-state index in [9.17, 15) is 4.79 Å². The van der Waals surface area contributed by atoms with Crippen molar-refractivity contribution in [3.8, 4) is 6.07 Å². The molecule has 2 rings (SSSR count). The average molecular weight is 246 g/mol. The van der Waals surface area contributed by atoms with Crippen LogP contribution in [-0.2, 0) is 9.53 Å². The average Bonchev–Trinajstić information content (AvgIpc) is 2.46. The summed E-state index contributed by atoms with van der Waals surface area (Å²) in [6.45, 7) is 1.64. The summed E-state index contributed by atoms with van der Waals surface area (Å²) in [6.07, 6.45) is 1.06. The Morgan fingerprint density at radius 3 is 3.11 bits per heavy atom. The minimum absolute atomic E-state index is 0.131. The lowest BCUT2D eigenvalue weighted by Gasteiger charge is -2.32. The number of rotatable bonds is 2. The zero-order chi connectivity index (χ0) is 13.0. The molecule has 1 aliphatic heterocycles. The molecule has 6 heteroatoms. The molecule has 1 aromatic rings. The molecule has 1 atom stereocenters. The minimum Gasteiger partial charge on any atom is -0.365 e. The second-order valence-corrected chi connectivity index (χ2v) is 3.94. The molecule has 1 aromatic heterocycles. The van der Waals surface area contributed by atoms with Crippen LogP contribution in [0, 0.1) is 11.3 Å². The maximum Gasteiger partial charge on any atom is 0.250 e. The van der Waals surface area contributed by atoms with Crippen LogP contribution in [0.15, 0.2) is 18.3 Å². The van der Waals surface area contributed by atoms with Gasteiger partial charge in [0.2, 0.25) is 0 Å². The Morgan fingerprint density at radius 2 is 2.50 bits per heavy atom. The molecule has 0 unspecified atom stereocenters. The van der Waals surface area contributed by atoms with Crippen molar-refractivity contribution in [3.05, 3.63) is 23.9 Å². The van der Waals surface area contributed by atoms with Crippen molar-refractivity contribution in [2.75, 3.05) is 31.6 Å². The van der Waals surface area contributed by atoms with Gasteiger partial charge in [-0.05, 0) is 12.1 Å². The number of nitrogens with one attached hydrogen (secondary N) is 1. The van der Waals surface area contributed by atoms with Gasteiger partial charge in [-0.3, -0.25) is 4.79 Å². The van der Waals surface area contributed by atoms with Gasteiger partial charge in [0.15, 0.2) is 6.10 Å². The lowest BCUT2D eigenvalue weighted by Crippen LogP contribution is -2.49. The van der Waals surface area contributed by atoms with E-state index in [1.54, 1.807) is 19.2 Å². The van der Waals surface area contributed by atoms with Gasteiger partial charge in [-0.2, -0.15) is 5.26 Å². The van der Waals surface area contributed by atoms with E-state index >= 15 is 0 Å². The number of anilines is 1. The standard InChI is InChI=1S/C12H14N4O2/c1-14-12(17)10-8-16(4-5-18-10)11-3-2-9(6-13)7-15-11/h2-3,7,10H,4-5,8H2,1H3,(H,14,17)/t10-/m0/s1. The topological polar surface area (TPSA) is 78.3 Å². The molecule has 0 aliphatic carbocycles. The monoisotopic (exact) mass is 246 g/mol. The first-order valence-electron chi connectivity index (χ1n) is 5.69. The van der Waals surface area contributed by atoms with Gasteiger partial charge in [0.25, 0.3) is 5.91 Å². The molecule has 2 heterocycles. The predicted molar refractivity (Wildman–Crippen MR) is 65.0 cm³/mol. The second kappa shape index (κ2) is 5.47. The van der Waals surface area contributed by atoms with Crippen LogP contribution in [-0.4, -0.2) is 43.7 Å². The normalized spacial score (nSPS) is 19.1. The summed E-state index contributed by atoms with van der Waals surface area (Å²) in [5.74, 6) is 0.625. The van der Waals surface area contributed by atoms with Gasteiger partial charge in [0, 0.05) is 19.8 Å². The molecule has 1 amide bonds. The third-order valence-electron chi connectivity index (χ3n) is 2.81. The number of carbonyl (C=O) groups is 1. The third kappa shape index (κ3) is 2.57. The van der Waals surface area contributed by atoms with Crippen molar-refractivity contribution in [1.29, 1.82) is 5.26 Å². The molecule has 1 aliphatic rings. The van der Waals surface area contributed by atoms with Crippen LogP contribution in [0.1, 0.15) is 5.56 Å². The number of likely N-dealkylation sites (N-methyl/N-ethyl adjacent to an activating group) is 1. The van der Waals surface area contributed by atoms with Crippen molar-refractivity contribution < 1.29 is 9.53 Å². The molecular weight excluding hydrogens is 232 g/mol. The van der Waals surface area contributed by atoms with E-state index in [0.717, 1.165) is 5.82 Å². The summed E-state index contributed by atoms with van der Waals surface area (Å²) in [7, 11) is 1.59. The van der Waals surface area contributed by atoms with Crippen molar-refractivity contribution >= 4 is 11.7 Å². The molecule has 0 bridgehead atoms. The Kier molecular flexibility index (Phi) is 3.75. The fourth-order valence-electron chi connectivity index (χ4n) is 1.82. The van der Waals surface area contributed by atoms with E-state index < -0.39 is 6.10 Å². The number of amides is 1. The van der Waals surface area contributed by atoms with E-state index in [2.05, 4.69) is 10.3 Å². The van der Waals surface area contributed by atoms with Crippen LogP contribution >= 0.6 is 0 Å². The molecule has 0 radical (unpaired) electrons. The maximum absolute atomic E-state index is 11.5. The highest BCUT2D eigenvalue weighted by atomic mass is 16.5. The van der Waals surface area contributed by atoms with Gasteiger partial charge in [0.05, 0.1) is 18.7 Å². The number of hydrogen-bond donors (Lipinski definition) is 1. The van der Waals surface area contributed by atoms with Crippen LogP contribution in [0.5, 0.6) is 0 Å². The third-order valence-corrected chi connectivity index (χ3v) is 2.81. The van der Waals surface area contributed by atoms with E-state index in [1.807, 2.05) is 11.0 Å². The summed E-state index contributed by atoms with van der Waals surface area (Å²) < 4.78 is 5.39. The molecule has 18 heavy (non-hydrogen) atoms. The zero-order valence-electron chi connectivity index (χ0n) is 10.1. The highest BCUT2D eigenvalue weighted by Gasteiger charge is 2.26. The van der Waals surface area contributed by atoms with Crippen molar-refractivity contribution in [1.82, 2.24) is 10.3 Å². The first-order valence-corrected chi connectivity index (χ1v) is 5.69. The Bertz CT molecular complexity index is 466. The Labute approximate surface area is 105 Å². The predicted octanol–water partition coefficient (Wildman–Crippen LogP) is -0.0955. The van der Waals surface area contributed by atoms with Gasteiger partial charge in [-0.1, -0.05) is 0 Å². The smallest absolute Gasteiger partial charge is 0.250 e. The van der Waals surface area contributed by atoms with E-state index in [4.69, 9.17) is 10.00 Å². The second-order valence-electron chi connectivity index (χ2n) is 3.94. The van der Waals surface area contributed by atoms with Crippen molar-refractivity contribution in [2.24, 2.45) is 0 Å². The lowest BCUT2D eigenvalue weighted by atomic mass is 10.2. The van der Waals surface area contributed by atoms with Gasteiger partial charge in [0.1, 0.15) is 11.9 Å². The molecule has 0 spiro atoms. The van der Waals surface area contributed by atoms with E-state index in [-0.39, 0.29) is 5.91 Å². The van der Waals surface area contributed by atoms with Gasteiger partial charge < -0.3 is 15.0 Å². The molecule has 0 aromatic carbocycles. The first-order chi connectivity index (χ1) is 8.74. The lowest BCUT2D eigenvalue weighted by molar-refractivity contribution is -0.132.